The molecule has 5 rings (SSSR count). The molecule has 3 aromatic rings. The van der Waals surface area contributed by atoms with Crippen LogP contribution in [0.4, 0.5) is 5.69 Å². The van der Waals surface area contributed by atoms with Crippen LogP contribution in [-0.2, 0) is 11.2 Å². The largest absolute Gasteiger partial charge is 0.493 e. The minimum absolute atomic E-state index is 0.0795. The van der Waals surface area contributed by atoms with Crippen molar-refractivity contribution in [1.82, 2.24) is 9.88 Å². The van der Waals surface area contributed by atoms with Gasteiger partial charge in [-0.1, -0.05) is 12.1 Å². The number of likely N-dealkylation sites (tertiary alicyclic amines) is 1. The lowest BCUT2D eigenvalue weighted by Crippen LogP contribution is -2.35. The summed E-state index contributed by atoms with van der Waals surface area (Å²) in [5.41, 5.74) is 4.09. The molecule has 1 aromatic heterocycles. The molecule has 33 heavy (non-hydrogen) atoms. The molecule has 2 aliphatic rings. The molecule has 6 nitrogen and oxygen atoms in total. The van der Waals surface area contributed by atoms with Crippen molar-refractivity contribution >= 4 is 22.5 Å². The zero-order valence-electron chi connectivity index (χ0n) is 19.2. The Balaban J connectivity index is 1.05. The van der Waals surface area contributed by atoms with E-state index in [2.05, 4.69) is 33.4 Å². The molecule has 0 spiro atoms. The molecule has 1 fully saturated rings. The van der Waals surface area contributed by atoms with E-state index in [-0.39, 0.29) is 12.5 Å². The van der Waals surface area contributed by atoms with Gasteiger partial charge in [0.05, 0.1) is 17.8 Å². The third-order valence-electron chi connectivity index (χ3n) is 6.62. The summed E-state index contributed by atoms with van der Waals surface area (Å²) in [6, 6.07) is 16.4. The number of hydrogen-bond donors (Lipinski definition) is 1. The summed E-state index contributed by atoms with van der Waals surface area (Å²) in [7, 11) is 0. The van der Waals surface area contributed by atoms with E-state index in [9.17, 15) is 4.79 Å². The van der Waals surface area contributed by atoms with Crippen LogP contribution in [0.2, 0.25) is 0 Å². The van der Waals surface area contributed by atoms with Crippen molar-refractivity contribution in [3.63, 3.8) is 0 Å². The van der Waals surface area contributed by atoms with Crippen molar-refractivity contribution in [2.24, 2.45) is 5.92 Å². The number of nitrogens with one attached hydrogen (secondary N) is 1. The molecule has 0 unspecified atom stereocenters. The lowest BCUT2D eigenvalue weighted by atomic mass is 9.90. The zero-order chi connectivity index (χ0) is 22.6. The van der Waals surface area contributed by atoms with Gasteiger partial charge in [0.2, 0.25) is 0 Å². The number of fused-ring (bicyclic) bond motifs is 2. The maximum Gasteiger partial charge on any atom is 0.262 e. The third kappa shape index (κ3) is 5.28. The van der Waals surface area contributed by atoms with E-state index in [1.165, 1.54) is 18.4 Å². The molecule has 3 heterocycles. The number of pyridine rings is 1. The number of anilines is 1. The van der Waals surface area contributed by atoms with Crippen LogP contribution in [-0.4, -0.2) is 48.6 Å². The summed E-state index contributed by atoms with van der Waals surface area (Å²) in [5, 5.41) is 3.99. The Kier molecular flexibility index (Phi) is 6.44. The number of rotatable bonds is 7. The summed E-state index contributed by atoms with van der Waals surface area (Å²) in [4.78, 5) is 18.7. The smallest absolute Gasteiger partial charge is 0.262 e. The Labute approximate surface area is 194 Å². The average Bonchev–Trinajstić information content (AvgIpc) is 2.82. The number of benzene rings is 2. The van der Waals surface area contributed by atoms with Crippen molar-refractivity contribution in [3.8, 4) is 11.5 Å². The van der Waals surface area contributed by atoms with Gasteiger partial charge in [0.25, 0.3) is 5.91 Å². The number of aryl methyl sites for hydroxylation is 1. The predicted octanol–water partition coefficient (Wildman–Crippen LogP) is 4.60. The monoisotopic (exact) mass is 445 g/mol. The summed E-state index contributed by atoms with van der Waals surface area (Å²) in [6.07, 6.45) is 4.48. The number of carbonyl (C=O) groups is 1. The SMILES string of the molecule is Cc1ccc2c(OCCCN3CCC(Cc4ccc5c(c4)NC(=O)CO5)CC3)cccc2n1. The summed E-state index contributed by atoms with van der Waals surface area (Å²) >= 11 is 0. The van der Waals surface area contributed by atoms with Crippen molar-refractivity contribution in [2.45, 2.75) is 32.6 Å². The van der Waals surface area contributed by atoms with E-state index in [1.54, 1.807) is 0 Å². The zero-order valence-corrected chi connectivity index (χ0v) is 19.2. The highest BCUT2D eigenvalue weighted by molar-refractivity contribution is 5.95. The lowest BCUT2D eigenvalue weighted by molar-refractivity contribution is -0.118. The Morgan fingerprint density at radius 2 is 2.03 bits per heavy atom. The minimum atomic E-state index is -0.0795. The molecule has 0 radical (unpaired) electrons. The molecule has 1 saturated heterocycles. The fourth-order valence-electron chi connectivity index (χ4n) is 4.83. The first kappa shape index (κ1) is 21.7. The van der Waals surface area contributed by atoms with E-state index in [4.69, 9.17) is 9.47 Å². The van der Waals surface area contributed by atoms with Gasteiger partial charge >= 0.3 is 0 Å². The third-order valence-corrected chi connectivity index (χ3v) is 6.62. The van der Waals surface area contributed by atoms with Gasteiger partial charge in [0.1, 0.15) is 11.5 Å². The number of nitrogens with zero attached hydrogens (tertiary/aromatic N) is 2. The average molecular weight is 446 g/mol. The van der Waals surface area contributed by atoms with Crippen LogP contribution in [0.5, 0.6) is 11.5 Å². The van der Waals surface area contributed by atoms with Gasteiger partial charge in [-0.15, -0.1) is 0 Å². The topological polar surface area (TPSA) is 63.7 Å². The van der Waals surface area contributed by atoms with Crippen LogP contribution in [0.3, 0.4) is 0 Å². The Bertz CT molecular complexity index is 1140. The van der Waals surface area contributed by atoms with E-state index < -0.39 is 0 Å². The van der Waals surface area contributed by atoms with Crippen LogP contribution in [0, 0.1) is 12.8 Å². The fraction of sp³-hybridized carbons (Fsp3) is 0.407. The van der Waals surface area contributed by atoms with Crippen molar-refractivity contribution < 1.29 is 14.3 Å². The first-order chi connectivity index (χ1) is 16.1. The molecule has 2 aliphatic heterocycles. The van der Waals surface area contributed by atoms with Crippen LogP contribution in [0.1, 0.15) is 30.5 Å². The summed E-state index contributed by atoms with van der Waals surface area (Å²) < 4.78 is 11.6. The van der Waals surface area contributed by atoms with Gasteiger partial charge in [-0.05, 0) is 93.6 Å². The molecular weight excluding hydrogens is 414 g/mol. The van der Waals surface area contributed by atoms with Gasteiger partial charge in [-0.3, -0.25) is 9.78 Å². The van der Waals surface area contributed by atoms with Gasteiger partial charge < -0.3 is 19.7 Å². The van der Waals surface area contributed by atoms with Gasteiger partial charge in [0.15, 0.2) is 6.61 Å². The number of hydrogen-bond acceptors (Lipinski definition) is 5. The molecule has 172 valence electrons. The maximum absolute atomic E-state index is 11.6. The molecule has 6 heteroatoms. The molecule has 0 aliphatic carbocycles. The first-order valence-electron chi connectivity index (χ1n) is 11.9. The maximum atomic E-state index is 11.6. The number of ether oxygens (including phenoxy) is 2. The highest BCUT2D eigenvalue weighted by Crippen LogP contribution is 2.31. The Hall–Kier alpha value is -3.12. The Morgan fingerprint density at radius 1 is 1.15 bits per heavy atom. The molecule has 1 amide bonds. The number of amides is 1. The van der Waals surface area contributed by atoms with Crippen LogP contribution in [0.25, 0.3) is 10.9 Å². The number of piperidine rings is 1. The lowest BCUT2D eigenvalue weighted by Gasteiger charge is -2.32. The first-order valence-corrected chi connectivity index (χ1v) is 11.9. The molecule has 0 bridgehead atoms. The standard InChI is InChI=1S/C27H31N3O3/c1-19-6-8-22-23(28-19)4-2-5-25(22)32-15-3-12-30-13-10-20(11-14-30)16-21-7-9-26-24(17-21)29-27(31)18-33-26/h2,4-9,17,20H,3,10-16,18H2,1H3,(H,29,31). The van der Waals surface area contributed by atoms with Crippen LogP contribution >= 0.6 is 0 Å². The van der Waals surface area contributed by atoms with E-state index in [1.807, 2.05) is 37.3 Å². The van der Waals surface area contributed by atoms with Crippen molar-refractivity contribution in [3.05, 3.63) is 59.8 Å². The van der Waals surface area contributed by atoms with Gasteiger partial charge in [-0.25, -0.2) is 0 Å². The Morgan fingerprint density at radius 3 is 2.91 bits per heavy atom. The molecular formula is C27H31N3O3. The minimum Gasteiger partial charge on any atom is -0.493 e. The van der Waals surface area contributed by atoms with E-state index >= 15 is 0 Å². The number of carbonyl (C=O) groups excluding carboxylic acids is 1. The van der Waals surface area contributed by atoms with E-state index in [0.29, 0.717) is 5.92 Å². The quantitative estimate of drug-likeness (QED) is 0.539. The fourth-order valence-corrected chi connectivity index (χ4v) is 4.83. The highest BCUT2D eigenvalue weighted by Gasteiger charge is 2.21. The highest BCUT2D eigenvalue weighted by atomic mass is 16.5. The van der Waals surface area contributed by atoms with Crippen molar-refractivity contribution in [1.29, 1.82) is 0 Å². The van der Waals surface area contributed by atoms with Gasteiger partial charge in [0, 0.05) is 17.6 Å². The molecule has 0 saturated carbocycles. The van der Waals surface area contributed by atoms with Crippen molar-refractivity contribution in [2.75, 3.05) is 38.2 Å². The predicted molar refractivity (Wildman–Crippen MR) is 130 cm³/mol. The van der Waals surface area contributed by atoms with Crippen LogP contribution < -0.4 is 14.8 Å². The summed E-state index contributed by atoms with van der Waals surface area (Å²) in [6.45, 7) is 6.17. The molecule has 1 N–H and O–H groups in total. The normalized spacial score (nSPS) is 16.8. The van der Waals surface area contributed by atoms with Gasteiger partial charge in [-0.2, -0.15) is 0 Å². The second kappa shape index (κ2) is 9.79. The molecule has 2 aromatic carbocycles. The summed E-state index contributed by atoms with van der Waals surface area (Å²) in [5.74, 6) is 2.29. The molecule has 0 atom stereocenters. The second-order valence-electron chi connectivity index (χ2n) is 9.13. The number of aromatic nitrogens is 1. The second-order valence-corrected chi connectivity index (χ2v) is 9.13. The van der Waals surface area contributed by atoms with E-state index in [0.717, 1.165) is 72.9 Å². The van der Waals surface area contributed by atoms with Crippen LogP contribution in [0.15, 0.2) is 48.5 Å².